The van der Waals surface area contributed by atoms with Crippen LogP contribution in [0.15, 0.2) is 0 Å². The zero-order valence-electron chi connectivity index (χ0n) is 26.3. The molecule has 1 heterocycles. The first-order chi connectivity index (χ1) is 18.4. The van der Waals surface area contributed by atoms with Crippen molar-refractivity contribution in [1.29, 1.82) is 0 Å². The van der Waals surface area contributed by atoms with Gasteiger partial charge in [-0.15, -0.1) is 0 Å². The molecule has 222 valence electrons. The van der Waals surface area contributed by atoms with Crippen LogP contribution in [0.5, 0.6) is 0 Å². The van der Waals surface area contributed by atoms with Gasteiger partial charge < -0.3 is 18.5 Å². The summed E-state index contributed by atoms with van der Waals surface area (Å²) in [7, 11) is -0.114. The normalized spacial score (nSPS) is 44.3. The molecule has 4 aliphatic carbocycles. The van der Waals surface area contributed by atoms with Crippen LogP contribution in [0, 0.1) is 46.3 Å². The zero-order chi connectivity index (χ0) is 28.2. The molecule has 0 bridgehead atoms. The zero-order valence-corrected chi connectivity index (χ0v) is 27.3. The van der Waals surface area contributed by atoms with Gasteiger partial charge in [0.15, 0.2) is 8.32 Å². The standard InChI is InChI=1S/C32H57BO5Si/c1-9-10-19-33-36-29-26-20-22(38-39(6,7)8)15-17-32(26,4)25-16-18-31(3)23(21(2)11-14-27(34)35-5)12-13-24(31)28(25)30(29)37-33/h21-26,28-30H,9-20H2,1-8H3/t21-,22-,23-,24+,25+,26-,28+,29-,30+,31-,32-/m1/s1. The predicted octanol–water partition coefficient (Wildman–Crippen LogP) is 7.75. The minimum Gasteiger partial charge on any atom is -0.469 e. The molecule has 0 aromatic rings. The lowest BCUT2D eigenvalue weighted by Crippen LogP contribution is -2.63. The van der Waals surface area contributed by atoms with Crippen LogP contribution in [0.2, 0.25) is 26.0 Å². The fraction of sp³-hybridized carbons (Fsp3) is 0.969. The van der Waals surface area contributed by atoms with E-state index in [1.54, 1.807) is 0 Å². The molecule has 0 aromatic heterocycles. The number of rotatable bonds is 9. The Bertz CT molecular complexity index is 879. The highest BCUT2D eigenvalue weighted by atomic mass is 28.4. The average molecular weight is 561 g/mol. The second-order valence-electron chi connectivity index (χ2n) is 15.6. The van der Waals surface area contributed by atoms with E-state index in [0.29, 0.717) is 58.9 Å². The molecule has 0 radical (unpaired) electrons. The number of hydrogen-bond acceptors (Lipinski definition) is 5. The molecule has 7 heteroatoms. The molecule has 5 rings (SSSR count). The molecule has 0 aromatic carbocycles. The number of methoxy groups -OCH3 is 1. The molecule has 39 heavy (non-hydrogen) atoms. The molecule has 1 aliphatic heterocycles. The molecule has 4 saturated carbocycles. The first kappa shape index (κ1) is 30.1. The Morgan fingerprint density at radius 1 is 1.00 bits per heavy atom. The second kappa shape index (κ2) is 11.4. The summed E-state index contributed by atoms with van der Waals surface area (Å²) >= 11 is 0. The Balaban J connectivity index is 1.41. The molecule has 11 atom stereocenters. The SMILES string of the molecule is CCCCB1O[C@@H]2[C@H](O1)[C@H]1C[C@H](O[Si](C)(C)C)CC[C@]1(C)[C@H]1CC[C@]3(C)[C@@H]([C@H](C)CCC(=O)OC)CC[C@H]3[C@H]21. The van der Waals surface area contributed by atoms with E-state index >= 15 is 0 Å². The maximum absolute atomic E-state index is 11.9. The van der Waals surface area contributed by atoms with Gasteiger partial charge in [-0.05, 0) is 124 Å². The molecule has 5 nitrogen and oxygen atoms in total. The summed E-state index contributed by atoms with van der Waals surface area (Å²) in [6, 6.07) is 0. The van der Waals surface area contributed by atoms with Crippen LogP contribution >= 0.6 is 0 Å². The van der Waals surface area contributed by atoms with Gasteiger partial charge in [0.05, 0.1) is 19.3 Å². The van der Waals surface area contributed by atoms with Gasteiger partial charge in [-0.2, -0.15) is 0 Å². The van der Waals surface area contributed by atoms with E-state index in [9.17, 15) is 4.79 Å². The molecule has 5 aliphatic rings. The van der Waals surface area contributed by atoms with Gasteiger partial charge in [0.2, 0.25) is 0 Å². The van der Waals surface area contributed by atoms with Gasteiger partial charge in [0.1, 0.15) is 0 Å². The van der Waals surface area contributed by atoms with E-state index in [4.69, 9.17) is 18.5 Å². The summed E-state index contributed by atoms with van der Waals surface area (Å²) in [5.74, 6) is 3.69. The summed E-state index contributed by atoms with van der Waals surface area (Å²) in [5.41, 5.74) is 0.636. The number of unbranched alkanes of at least 4 members (excludes halogenated alkanes) is 1. The lowest BCUT2D eigenvalue weighted by Gasteiger charge is -2.64. The van der Waals surface area contributed by atoms with Crippen molar-refractivity contribution in [1.82, 2.24) is 0 Å². The van der Waals surface area contributed by atoms with E-state index < -0.39 is 8.32 Å². The summed E-state index contributed by atoms with van der Waals surface area (Å²) < 4.78 is 25.6. The molecule has 0 N–H and O–H groups in total. The Kier molecular flexibility index (Phi) is 8.78. The van der Waals surface area contributed by atoms with Crippen molar-refractivity contribution in [3.05, 3.63) is 0 Å². The van der Waals surface area contributed by atoms with E-state index in [1.165, 1.54) is 58.5 Å². The number of hydrogen-bond donors (Lipinski definition) is 0. The quantitative estimate of drug-likeness (QED) is 0.213. The first-order valence-electron chi connectivity index (χ1n) is 16.5. The number of carbonyl (C=O) groups excluding carboxylic acids is 1. The second-order valence-corrected chi connectivity index (χ2v) is 20.1. The van der Waals surface area contributed by atoms with Crippen molar-refractivity contribution in [2.24, 2.45) is 46.3 Å². The molecule has 1 saturated heterocycles. The fourth-order valence-electron chi connectivity index (χ4n) is 10.6. The van der Waals surface area contributed by atoms with Crippen molar-refractivity contribution in [2.45, 2.75) is 143 Å². The number of fused-ring (bicyclic) bond motifs is 8. The van der Waals surface area contributed by atoms with Gasteiger partial charge in [-0.3, -0.25) is 4.79 Å². The maximum Gasteiger partial charge on any atom is 0.457 e. The number of ether oxygens (including phenoxy) is 1. The van der Waals surface area contributed by atoms with E-state index in [-0.39, 0.29) is 25.3 Å². The summed E-state index contributed by atoms with van der Waals surface area (Å²) in [6.07, 6.45) is 14.5. The average Bonchev–Trinajstić information content (AvgIpc) is 3.46. The lowest BCUT2D eigenvalue weighted by atomic mass is 9.43. The van der Waals surface area contributed by atoms with Gasteiger partial charge in [-0.1, -0.05) is 40.5 Å². The van der Waals surface area contributed by atoms with Crippen molar-refractivity contribution in [3.8, 4) is 0 Å². The molecular weight excluding hydrogens is 503 g/mol. The van der Waals surface area contributed by atoms with Crippen LogP contribution in [0.3, 0.4) is 0 Å². The fourth-order valence-corrected chi connectivity index (χ4v) is 11.8. The Hall–Kier alpha value is -0.368. The smallest absolute Gasteiger partial charge is 0.457 e. The highest BCUT2D eigenvalue weighted by molar-refractivity contribution is 6.69. The number of esters is 1. The third-order valence-corrected chi connectivity index (χ3v) is 13.4. The summed E-state index contributed by atoms with van der Waals surface area (Å²) in [5, 5.41) is 0. The third kappa shape index (κ3) is 5.57. The van der Waals surface area contributed by atoms with Crippen molar-refractivity contribution in [3.63, 3.8) is 0 Å². The van der Waals surface area contributed by atoms with Gasteiger partial charge >= 0.3 is 13.1 Å². The van der Waals surface area contributed by atoms with Crippen LogP contribution in [0.1, 0.15) is 98.3 Å². The van der Waals surface area contributed by atoms with Gasteiger partial charge in [0.25, 0.3) is 0 Å². The highest BCUT2D eigenvalue weighted by Crippen LogP contribution is 2.70. The predicted molar refractivity (Wildman–Crippen MR) is 160 cm³/mol. The minimum atomic E-state index is -1.59. The molecule has 0 spiro atoms. The molecule has 0 amide bonds. The Morgan fingerprint density at radius 3 is 2.38 bits per heavy atom. The van der Waals surface area contributed by atoms with E-state index in [0.717, 1.165) is 19.2 Å². The lowest BCUT2D eigenvalue weighted by molar-refractivity contribution is -0.189. The third-order valence-electron chi connectivity index (χ3n) is 12.4. The van der Waals surface area contributed by atoms with Crippen LogP contribution in [-0.4, -0.2) is 46.8 Å². The van der Waals surface area contributed by atoms with Gasteiger partial charge in [-0.25, -0.2) is 0 Å². The first-order valence-corrected chi connectivity index (χ1v) is 19.9. The van der Waals surface area contributed by atoms with Crippen LogP contribution in [0.4, 0.5) is 0 Å². The molecular formula is C32H57BO5Si. The van der Waals surface area contributed by atoms with Crippen LogP contribution < -0.4 is 0 Å². The molecule has 0 unspecified atom stereocenters. The Labute approximate surface area is 240 Å². The van der Waals surface area contributed by atoms with Crippen molar-refractivity contribution in [2.75, 3.05) is 7.11 Å². The van der Waals surface area contributed by atoms with Crippen molar-refractivity contribution < 1.29 is 23.3 Å². The maximum atomic E-state index is 11.9. The van der Waals surface area contributed by atoms with Gasteiger partial charge in [0, 0.05) is 12.5 Å². The van der Waals surface area contributed by atoms with Crippen LogP contribution in [0.25, 0.3) is 0 Å². The topological polar surface area (TPSA) is 54.0 Å². The molecule has 5 fully saturated rings. The van der Waals surface area contributed by atoms with E-state index in [1.807, 2.05) is 0 Å². The summed E-state index contributed by atoms with van der Waals surface area (Å²) in [6.45, 7) is 16.9. The van der Waals surface area contributed by atoms with E-state index in [2.05, 4.69) is 47.3 Å². The Morgan fingerprint density at radius 2 is 1.69 bits per heavy atom. The highest BCUT2D eigenvalue weighted by Gasteiger charge is 2.68. The monoisotopic (exact) mass is 560 g/mol. The van der Waals surface area contributed by atoms with Crippen LogP contribution in [-0.2, 0) is 23.3 Å². The summed E-state index contributed by atoms with van der Waals surface area (Å²) in [4.78, 5) is 11.9. The minimum absolute atomic E-state index is 0.0365. The van der Waals surface area contributed by atoms with Crippen molar-refractivity contribution >= 4 is 21.4 Å². The number of carbonyl (C=O) groups is 1. The largest absolute Gasteiger partial charge is 0.469 e.